The first-order chi connectivity index (χ1) is 12.7. The summed E-state index contributed by atoms with van der Waals surface area (Å²) in [6, 6.07) is 1.55. The monoisotopic (exact) mass is 379 g/mol. The van der Waals surface area contributed by atoms with Crippen molar-refractivity contribution in [2.24, 2.45) is 0 Å². The van der Waals surface area contributed by atoms with Gasteiger partial charge in [-0.3, -0.25) is 9.78 Å². The molecule has 2 heterocycles. The number of aromatic nitrogens is 1. The van der Waals surface area contributed by atoms with E-state index in [9.17, 15) is 9.59 Å². The summed E-state index contributed by atoms with van der Waals surface area (Å²) < 4.78 is 15.6. The summed E-state index contributed by atoms with van der Waals surface area (Å²) in [5.41, 5.74) is 0.995. The number of nitrogens with one attached hydrogen (secondary N) is 1. The Kier molecular flexibility index (Phi) is 7.01. The highest BCUT2D eigenvalue weighted by Crippen LogP contribution is 2.25. The third-order valence-electron chi connectivity index (χ3n) is 4.14. The lowest BCUT2D eigenvalue weighted by Crippen LogP contribution is -2.43. The molecule has 27 heavy (non-hydrogen) atoms. The third kappa shape index (κ3) is 6.39. The van der Waals surface area contributed by atoms with Gasteiger partial charge in [0.25, 0.3) is 0 Å². The molecule has 1 amide bonds. The maximum absolute atomic E-state index is 12.2. The van der Waals surface area contributed by atoms with Crippen molar-refractivity contribution in [3.05, 3.63) is 24.0 Å². The number of morpholine rings is 1. The molecule has 0 bridgehead atoms. The fourth-order valence-electron chi connectivity index (χ4n) is 2.86. The largest absolute Gasteiger partial charge is 0.469 e. The van der Waals surface area contributed by atoms with Crippen LogP contribution in [0, 0.1) is 0 Å². The van der Waals surface area contributed by atoms with Gasteiger partial charge in [0.1, 0.15) is 5.60 Å². The average molecular weight is 379 g/mol. The standard InChI is InChI=1S/C19H29N3O5/c1-13-12-26-7-6-22(13)15-8-14(10-20-11-15)16(9-17(23)25-5)21-18(24)27-19(2,3)4/h8,10-11,13,16H,6-7,9,12H2,1-5H3,(H,21,24)/t13-,16?/m0/s1. The Balaban J connectivity index is 2.22. The summed E-state index contributed by atoms with van der Waals surface area (Å²) in [7, 11) is 1.32. The van der Waals surface area contributed by atoms with Crippen molar-refractivity contribution in [1.29, 1.82) is 0 Å². The molecule has 150 valence electrons. The second-order valence-corrected chi connectivity index (χ2v) is 7.57. The Morgan fingerprint density at radius 3 is 2.78 bits per heavy atom. The molecule has 1 aliphatic heterocycles. The van der Waals surface area contributed by atoms with Crippen LogP contribution in [0.1, 0.15) is 45.7 Å². The molecule has 0 radical (unpaired) electrons. The molecule has 1 aliphatic rings. The van der Waals surface area contributed by atoms with Crippen molar-refractivity contribution < 1.29 is 23.8 Å². The lowest BCUT2D eigenvalue weighted by Gasteiger charge is -2.35. The van der Waals surface area contributed by atoms with E-state index in [4.69, 9.17) is 14.2 Å². The van der Waals surface area contributed by atoms with Crippen LogP contribution in [0.5, 0.6) is 0 Å². The van der Waals surface area contributed by atoms with Gasteiger partial charge < -0.3 is 24.4 Å². The summed E-state index contributed by atoms with van der Waals surface area (Å²) >= 11 is 0. The normalized spacial score (nSPS) is 18.6. The number of pyridine rings is 1. The van der Waals surface area contributed by atoms with Crippen LogP contribution in [0.25, 0.3) is 0 Å². The average Bonchev–Trinajstić information content (AvgIpc) is 2.60. The summed E-state index contributed by atoms with van der Waals surface area (Å²) in [6.45, 7) is 9.48. The number of amides is 1. The minimum atomic E-state index is -0.636. The van der Waals surface area contributed by atoms with Crippen LogP contribution < -0.4 is 10.2 Å². The van der Waals surface area contributed by atoms with Gasteiger partial charge in [0.2, 0.25) is 0 Å². The number of hydrogen-bond acceptors (Lipinski definition) is 7. The molecule has 1 unspecified atom stereocenters. The third-order valence-corrected chi connectivity index (χ3v) is 4.14. The molecule has 0 aromatic carbocycles. The molecule has 1 saturated heterocycles. The quantitative estimate of drug-likeness (QED) is 0.786. The lowest BCUT2D eigenvalue weighted by molar-refractivity contribution is -0.141. The van der Waals surface area contributed by atoms with Gasteiger partial charge in [0, 0.05) is 18.8 Å². The summed E-state index contributed by atoms with van der Waals surface area (Å²) in [6.07, 6.45) is 2.80. The number of carbonyl (C=O) groups is 2. The lowest BCUT2D eigenvalue weighted by atomic mass is 10.0. The van der Waals surface area contributed by atoms with Gasteiger partial charge in [-0.05, 0) is 39.3 Å². The number of ether oxygens (including phenoxy) is 3. The zero-order chi connectivity index (χ0) is 20.0. The predicted molar refractivity (Wildman–Crippen MR) is 101 cm³/mol. The first-order valence-electron chi connectivity index (χ1n) is 9.05. The van der Waals surface area contributed by atoms with E-state index in [1.807, 2.05) is 6.07 Å². The van der Waals surface area contributed by atoms with Crippen LogP contribution in [0.3, 0.4) is 0 Å². The van der Waals surface area contributed by atoms with Crippen LogP contribution in [0.2, 0.25) is 0 Å². The maximum Gasteiger partial charge on any atom is 0.408 e. The van der Waals surface area contributed by atoms with Crippen LogP contribution in [0.15, 0.2) is 18.5 Å². The summed E-state index contributed by atoms with van der Waals surface area (Å²) in [5, 5.41) is 2.75. The first kappa shape index (κ1) is 21.0. The molecule has 8 heteroatoms. The van der Waals surface area contributed by atoms with Gasteiger partial charge in [0.15, 0.2) is 0 Å². The number of rotatable bonds is 5. The molecular weight excluding hydrogens is 350 g/mol. The van der Waals surface area contributed by atoms with E-state index in [2.05, 4.69) is 22.1 Å². The summed E-state index contributed by atoms with van der Waals surface area (Å²) in [4.78, 5) is 30.6. The molecule has 0 spiro atoms. The maximum atomic E-state index is 12.2. The topological polar surface area (TPSA) is 90.0 Å². The van der Waals surface area contributed by atoms with E-state index in [1.165, 1.54) is 7.11 Å². The first-order valence-corrected chi connectivity index (χ1v) is 9.05. The number of esters is 1. The molecular formula is C19H29N3O5. The van der Waals surface area contributed by atoms with E-state index >= 15 is 0 Å². The van der Waals surface area contributed by atoms with E-state index in [0.717, 1.165) is 12.2 Å². The van der Waals surface area contributed by atoms with E-state index in [-0.39, 0.29) is 12.5 Å². The van der Waals surface area contributed by atoms with Crippen molar-refractivity contribution in [2.75, 3.05) is 31.8 Å². The van der Waals surface area contributed by atoms with Crippen molar-refractivity contribution in [3.63, 3.8) is 0 Å². The second kappa shape index (κ2) is 9.03. The van der Waals surface area contributed by atoms with E-state index in [1.54, 1.807) is 33.2 Å². The Hall–Kier alpha value is -2.35. The number of alkyl carbamates (subject to hydrolysis) is 1. The van der Waals surface area contributed by atoms with E-state index in [0.29, 0.717) is 18.8 Å². The van der Waals surface area contributed by atoms with Gasteiger partial charge in [-0.15, -0.1) is 0 Å². The highest BCUT2D eigenvalue weighted by molar-refractivity contribution is 5.73. The van der Waals surface area contributed by atoms with Gasteiger partial charge in [-0.25, -0.2) is 4.79 Å². The molecule has 1 aromatic heterocycles. The van der Waals surface area contributed by atoms with Crippen molar-refractivity contribution >= 4 is 17.7 Å². The molecule has 2 atom stereocenters. The molecule has 0 aliphatic carbocycles. The fraction of sp³-hybridized carbons (Fsp3) is 0.632. The SMILES string of the molecule is COC(=O)CC(NC(=O)OC(C)(C)C)c1cncc(N2CCOC[C@@H]2C)c1. The van der Waals surface area contributed by atoms with Crippen molar-refractivity contribution in [3.8, 4) is 0 Å². The molecule has 1 fully saturated rings. The number of anilines is 1. The minimum absolute atomic E-state index is 0.0143. The Morgan fingerprint density at radius 2 is 2.15 bits per heavy atom. The number of methoxy groups -OCH3 is 1. The van der Waals surface area contributed by atoms with Gasteiger partial charge >= 0.3 is 12.1 Å². The van der Waals surface area contributed by atoms with Gasteiger partial charge in [0.05, 0.1) is 44.7 Å². The highest BCUT2D eigenvalue weighted by Gasteiger charge is 2.25. The molecule has 2 rings (SSSR count). The Bertz CT molecular complexity index is 659. The Labute approximate surface area is 160 Å². The van der Waals surface area contributed by atoms with Crippen LogP contribution in [-0.2, 0) is 19.0 Å². The number of carbonyl (C=O) groups excluding carboxylic acids is 2. The molecule has 8 nitrogen and oxygen atoms in total. The van der Waals surface area contributed by atoms with E-state index < -0.39 is 23.7 Å². The highest BCUT2D eigenvalue weighted by atomic mass is 16.6. The van der Waals surface area contributed by atoms with Crippen LogP contribution in [-0.4, -0.2) is 55.6 Å². The number of hydrogen-bond donors (Lipinski definition) is 1. The predicted octanol–water partition coefficient (Wildman–Crippen LogP) is 2.44. The minimum Gasteiger partial charge on any atom is -0.469 e. The van der Waals surface area contributed by atoms with Crippen molar-refractivity contribution in [2.45, 2.75) is 51.8 Å². The van der Waals surface area contributed by atoms with Crippen molar-refractivity contribution in [1.82, 2.24) is 10.3 Å². The van der Waals surface area contributed by atoms with Gasteiger partial charge in [-0.2, -0.15) is 0 Å². The summed E-state index contributed by atoms with van der Waals surface area (Å²) in [5.74, 6) is -0.429. The number of nitrogens with zero attached hydrogens (tertiary/aromatic N) is 2. The van der Waals surface area contributed by atoms with Crippen LogP contribution >= 0.6 is 0 Å². The zero-order valence-electron chi connectivity index (χ0n) is 16.7. The Morgan fingerprint density at radius 1 is 1.41 bits per heavy atom. The smallest absolute Gasteiger partial charge is 0.408 e. The second-order valence-electron chi connectivity index (χ2n) is 7.57. The van der Waals surface area contributed by atoms with Crippen LogP contribution in [0.4, 0.5) is 10.5 Å². The van der Waals surface area contributed by atoms with Gasteiger partial charge in [-0.1, -0.05) is 0 Å². The molecule has 1 N–H and O–H groups in total. The fourth-order valence-corrected chi connectivity index (χ4v) is 2.86. The molecule has 1 aromatic rings. The zero-order valence-corrected chi connectivity index (χ0v) is 16.7. The molecule has 0 saturated carbocycles.